The van der Waals surface area contributed by atoms with Gasteiger partial charge in [-0.3, -0.25) is 14.2 Å². The van der Waals surface area contributed by atoms with Crippen LogP contribution in [0.4, 0.5) is 26.3 Å². The average Bonchev–Trinajstić information content (AvgIpc) is 3.38. The molecule has 2 aromatic heterocycles. The van der Waals surface area contributed by atoms with E-state index < -0.39 is 51.3 Å². The molecule has 28 heavy (non-hydrogen) atoms. The summed E-state index contributed by atoms with van der Waals surface area (Å²) in [6.45, 7) is 0. The van der Waals surface area contributed by atoms with E-state index in [2.05, 4.69) is 10.3 Å². The van der Waals surface area contributed by atoms with Crippen molar-refractivity contribution in [3.8, 4) is 5.69 Å². The second-order valence-corrected chi connectivity index (χ2v) is 6.49. The van der Waals surface area contributed by atoms with Gasteiger partial charge in [-0.2, -0.15) is 26.3 Å². The van der Waals surface area contributed by atoms with Gasteiger partial charge in [-0.1, -0.05) is 11.6 Å². The van der Waals surface area contributed by atoms with Crippen LogP contribution >= 0.6 is 11.6 Å². The summed E-state index contributed by atoms with van der Waals surface area (Å²) in [4.78, 5) is 28.0. The first kappa shape index (κ1) is 20.2. The predicted molar refractivity (Wildman–Crippen MR) is 85.3 cm³/mol. The van der Waals surface area contributed by atoms with Gasteiger partial charge >= 0.3 is 12.4 Å². The molecule has 0 aromatic carbocycles. The standard InChI is InChI=1S/C16H10ClF6N3O2/c17-10-3-8(16(21,22)23)6-26(14(10)28)11-4-7(15(18,19)20)5-24-12(11)13(27)25-9-1-2-9/h3-6,9H,1-2H2,(H,25,27). The third kappa shape index (κ3) is 4.13. The molecule has 3 rings (SSSR count). The predicted octanol–water partition coefficient (Wildman–Crippen LogP) is 3.82. The average molecular weight is 426 g/mol. The van der Waals surface area contributed by atoms with E-state index in [-0.39, 0.29) is 16.8 Å². The summed E-state index contributed by atoms with van der Waals surface area (Å²) < 4.78 is 78.6. The lowest BCUT2D eigenvalue weighted by atomic mass is 10.1. The van der Waals surface area contributed by atoms with Crippen molar-refractivity contribution in [2.75, 3.05) is 0 Å². The van der Waals surface area contributed by atoms with E-state index >= 15 is 0 Å². The summed E-state index contributed by atoms with van der Waals surface area (Å²) >= 11 is 5.55. The molecular weight excluding hydrogens is 416 g/mol. The second kappa shape index (κ2) is 6.80. The van der Waals surface area contributed by atoms with Gasteiger partial charge in [0.2, 0.25) is 0 Å². The molecule has 1 aliphatic carbocycles. The Morgan fingerprint density at radius 2 is 1.71 bits per heavy atom. The molecule has 1 aliphatic rings. The van der Waals surface area contributed by atoms with Crippen molar-refractivity contribution in [1.82, 2.24) is 14.9 Å². The molecule has 0 radical (unpaired) electrons. The molecule has 12 heteroatoms. The Morgan fingerprint density at radius 3 is 2.25 bits per heavy atom. The third-order valence-electron chi connectivity index (χ3n) is 3.88. The maximum absolute atomic E-state index is 13.1. The van der Waals surface area contributed by atoms with Gasteiger partial charge in [0.1, 0.15) is 5.02 Å². The van der Waals surface area contributed by atoms with Crippen LogP contribution < -0.4 is 10.9 Å². The second-order valence-electron chi connectivity index (χ2n) is 6.09. The smallest absolute Gasteiger partial charge is 0.348 e. The van der Waals surface area contributed by atoms with Gasteiger partial charge in [0.15, 0.2) is 5.69 Å². The summed E-state index contributed by atoms with van der Waals surface area (Å²) in [5.74, 6) is -0.911. The number of amides is 1. The van der Waals surface area contributed by atoms with Gasteiger partial charge in [0, 0.05) is 18.4 Å². The topological polar surface area (TPSA) is 64.0 Å². The highest BCUT2D eigenvalue weighted by molar-refractivity contribution is 6.30. The molecular formula is C16H10ClF6N3O2. The number of hydrogen-bond acceptors (Lipinski definition) is 3. The summed E-state index contributed by atoms with van der Waals surface area (Å²) in [6.07, 6.45) is -7.88. The van der Waals surface area contributed by atoms with E-state index in [0.717, 1.165) is 0 Å². The number of alkyl halides is 6. The van der Waals surface area contributed by atoms with Crippen LogP contribution in [0.25, 0.3) is 5.69 Å². The quantitative estimate of drug-likeness (QED) is 0.761. The molecule has 0 bridgehead atoms. The molecule has 0 atom stereocenters. The molecule has 1 saturated carbocycles. The Kier molecular flexibility index (Phi) is 4.90. The van der Waals surface area contributed by atoms with Gasteiger partial charge in [-0.25, -0.2) is 4.98 Å². The zero-order valence-corrected chi connectivity index (χ0v) is 14.4. The Morgan fingerprint density at radius 1 is 1.11 bits per heavy atom. The van der Waals surface area contributed by atoms with Crippen molar-refractivity contribution in [2.24, 2.45) is 0 Å². The van der Waals surface area contributed by atoms with E-state index in [4.69, 9.17) is 11.6 Å². The van der Waals surface area contributed by atoms with Crippen LogP contribution in [0.2, 0.25) is 5.02 Å². The van der Waals surface area contributed by atoms with Gasteiger partial charge in [0.25, 0.3) is 11.5 Å². The van der Waals surface area contributed by atoms with Gasteiger partial charge < -0.3 is 5.32 Å². The number of carbonyl (C=O) groups is 1. The molecule has 5 nitrogen and oxygen atoms in total. The number of halogens is 7. The zero-order chi connectivity index (χ0) is 20.9. The number of rotatable bonds is 3. The molecule has 0 aliphatic heterocycles. The molecule has 0 spiro atoms. The van der Waals surface area contributed by atoms with Gasteiger partial charge in [-0.15, -0.1) is 0 Å². The Hall–Kier alpha value is -2.56. The van der Waals surface area contributed by atoms with Crippen LogP contribution in [-0.2, 0) is 12.4 Å². The Bertz CT molecular complexity index is 995. The van der Waals surface area contributed by atoms with Crippen LogP contribution in [0.15, 0.2) is 29.3 Å². The van der Waals surface area contributed by atoms with Crippen molar-refractivity contribution in [3.05, 3.63) is 56.7 Å². The van der Waals surface area contributed by atoms with Crippen LogP contribution in [0, 0.1) is 0 Å². The van der Waals surface area contributed by atoms with Crippen LogP contribution in [0.5, 0.6) is 0 Å². The van der Waals surface area contributed by atoms with E-state index in [9.17, 15) is 35.9 Å². The van der Waals surface area contributed by atoms with Crippen LogP contribution in [0.3, 0.4) is 0 Å². The monoisotopic (exact) mass is 425 g/mol. The third-order valence-corrected chi connectivity index (χ3v) is 4.15. The summed E-state index contributed by atoms with van der Waals surface area (Å²) in [7, 11) is 0. The fourth-order valence-electron chi connectivity index (χ4n) is 2.33. The summed E-state index contributed by atoms with van der Waals surface area (Å²) in [5, 5.41) is 1.59. The van der Waals surface area contributed by atoms with E-state index in [0.29, 0.717) is 31.2 Å². The molecule has 0 saturated heterocycles. The highest BCUT2D eigenvalue weighted by atomic mass is 35.5. The first-order chi connectivity index (χ1) is 12.9. The Balaban J connectivity index is 2.24. The van der Waals surface area contributed by atoms with Crippen molar-refractivity contribution < 1.29 is 31.1 Å². The molecule has 1 N–H and O–H groups in total. The lowest BCUT2D eigenvalue weighted by Crippen LogP contribution is -2.30. The maximum atomic E-state index is 13.1. The first-order valence-corrected chi connectivity index (χ1v) is 8.13. The summed E-state index contributed by atoms with van der Waals surface area (Å²) in [5.41, 5.74) is -5.33. The van der Waals surface area contributed by atoms with E-state index in [1.165, 1.54) is 0 Å². The first-order valence-electron chi connectivity index (χ1n) is 7.76. The summed E-state index contributed by atoms with van der Waals surface area (Å²) in [6, 6.07) is 0.532. The number of nitrogens with one attached hydrogen (secondary N) is 1. The molecule has 1 amide bonds. The maximum Gasteiger partial charge on any atom is 0.417 e. The van der Waals surface area contributed by atoms with Crippen molar-refractivity contribution in [2.45, 2.75) is 31.2 Å². The van der Waals surface area contributed by atoms with Crippen molar-refractivity contribution in [1.29, 1.82) is 0 Å². The highest BCUT2D eigenvalue weighted by Crippen LogP contribution is 2.33. The Labute approximate surface area is 157 Å². The molecule has 150 valence electrons. The number of aromatic nitrogens is 2. The molecule has 1 fully saturated rings. The van der Waals surface area contributed by atoms with Gasteiger partial charge in [0.05, 0.1) is 16.8 Å². The number of nitrogens with zero attached hydrogens (tertiary/aromatic N) is 2. The van der Waals surface area contributed by atoms with E-state index in [1.54, 1.807) is 0 Å². The SMILES string of the molecule is O=C(NC1CC1)c1ncc(C(F)(F)F)cc1-n1cc(C(F)(F)F)cc(Cl)c1=O. The minimum atomic E-state index is -4.93. The number of hydrogen-bond donors (Lipinski definition) is 1. The lowest BCUT2D eigenvalue weighted by molar-refractivity contribution is -0.138. The van der Waals surface area contributed by atoms with Crippen LogP contribution in [-0.4, -0.2) is 21.5 Å². The normalized spacial score (nSPS) is 14.8. The van der Waals surface area contributed by atoms with Gasteiger partial charge in [-0.05, 0) is 25.0 Å². The molecule has 2 aromatic rings. The minimum absolute atomic E-state index is 0.203. The van der Waals surface area contributed by atoms with Crippen LogP contribution in [0.1, 0.15) is 34.5 Å². The zero-order valence-electron chi connectivity index (χ0n) is 13.7. The highest BCUT2D eigenvalue weighted by Gasteiger charge is 2.35. The van der Waals surface area contributed by atoms with Crippen molar-refractivity contribution in [3.63, 3.8) is 0 Å². The fourth-order valence-corrected chi connectivity index (χ4v) is 2.54. The molecule has 0 unspecified atom stereocenters. The van der Waals surface area contributed by atoms with E-state index in [1.807, 2.05) is 0 Å². The fraction of sp³-hybridized carbons (Fsp3) is 0.312. The number of pyridine rings is 2. The number of carbonyl (C=O) groups excluding carboxylic acids is 1. The minimum Gasteiger partial charge on any atom is -0.348 e. The molecule has 2 heterocycles. The lowest BCUT2D eigenvalue weighted by Gasteiger charge is -2.16. The van der Waals surface area contributed by atoms with Crippen molar-refractivity contribution >= 4 is 17.5 Å². The largest absolute Gasteiger partial charge is 0.417 e.